The first-order valence-electron chi connectivity index (χ1n) is 15.1. The minimum absolute atomic E-state index is 0.0193. The maximum atomic E-state index is 13.7. The Morgan fingerprint density at radius 3 is 2.37 bits per heavy atom. The van der Waals surface area contributed by atoms with Crippen molar-refractivity contribution in [1.29, 1.82) is 0 Å². The van der Waals surface area contributed by atoms with Gasteiger partial charge in [0.1, 0.15) is 0 Å². The Hall–Kier alpha value is -3.62. The van der Waals surface area contributed by atoms with E-state index in [0.29, 0.717) is 13.2 Å². The third-order valence-electron chi connectivity index (χ3n) is 9.54. The van der Waals surface area contributed by atoms with Crippen LogP contribution in [0.4, 0.5) is 0 Å². The van der Waals surface area contributed by atoms with Crippen LogP contribution in [0.3, 0.4) is 0 Å². The smallest absolute Gasteiger partial charge is 0.331 e. The predicted octanol–water partition coefficient (Wildman–Crippen LogP) is 6.90. The van der Waals surface area contributed by atoms with E-state index < -0.39 is 20.3 Å². The summed E-state index contributed by atoms with van der Waals surface area (Å²) in [5.41, 5.74) is 5.47. The maximum absolute atomic E-state index is 13.7. The molecule has 0 radical (unpaired) electrons. The van der Waals surface area contributed by atoms with E-state index in [-0.39, 0.29) is 23.0 Å². The largest absolute Gasteiger partial charge is 0.467 e. The summed E-state index contributed by atoms with van der Waals surface area (Å²) < 4.78 is 19.3. The number of methoxy groups -OCH3 is 2. The van der Waals surface area contributed by atoms with Crippen molar-refractivity contribution in [2.45, 2.75) is 76.3 Å². The number of ether oxygens (including phenoxy) is 2. The topological polar surface area (TPSA) is 70.0 Å². The second-order valence-corrected chi connectivity index (χ2v) is 17.9. The summed E-state index contributed by atoms with van der Waals surface area (Å²) in [5.74, 6) is -0.673. The van der Waals surface area contributed by atoms with Gasteiger partial charge in [0, 0.05) is 47.9 Å². The molecule has 0 saturated carbocycles. The molecule has 3 atom stereocenters. The van der Waals surface area contributed by atoms with Crippen LogP contribution in [-0.4, -0.2) is 56.6 Å². The molecule has 2 aliphatic rings. The number of hydrogen-bond acceptors (Lipinski definition) is 6. The number of aromatic nitrogens is 1. The summed E-state index contributed by atoms with van der Waals surface area (Å²) >= 11 is 0. The second-order valence-electron chi connectivity index (χ2n) is 13.1. The van der Waals surface area contributed by atoms with Crippen molar-refractivity contribution in [3.63, 3.8) is 0 Å². The van der Waals surface area contributed by atoms with Gasteiger partial charge in [-0.25, -0.2) is 9.59 Å². The SMILES string of the molecule is COC(=O)/C=C/C1=CN(Cc2ccccc2)[C@@H]2C[C@H]1c1c(CCO[Si](C)(C)C(C)(C)C)c3ccccc3n1[C@@H]2C(=O)OC. The Morgan fingerprint density at radius 1 is 1.00 bits per heavy atom. The molecular weight excluding hydrogens is 556 g/mol. The molecule has 3 heterocycles. The number of allylic oxidation sites excluding steroid dienone is 2. The highest BCUT2D eigenvalue weighted by Gasteiger charge is 2.47. The first-order chi connectivity index (χ1) is 20.5. The van der Waals surface area contributed by atoms with Gasteiger partial charge >= 0.3 is 11.9 Å². The maximum Gasteiger partial charge on any atom is 0.331 e. The fourth-order valence-corrected chi connectivity index (χ4v) is 7.34. The lowest BCUT2D eigenvalue weighted by Crippen LogP contribution is -2.49. The summed E-state index contributed by atoms with van der Waals surface area (Å²) in [6.07, 6.45) is 6.94. The number of carbonyl (C=O) groups is 2. The summed E-state index contributed by atoms with van der Waals surface area (Å²) in [6, 6.07) is 17.9. The zero-order chi connectivity index (χ0) is 30.9. The summed E-state index contributed by atoms with van der Waals surface area (Å²) in [6.45, 7) is 12.5. The van der Waals surface area contributed by atoms with Crippen LogP contribution in [0, 0.1) is 0 Å². The second kappa shape index (κ2) is 12.2. The van der Waals surface area contributed by atoms with Crippen molar-refractivity contribution in [1.82, 2.24) is 9.47 Å². The van der Waals surface area contributed by atoms with Gasteiger partial charge in [-0.2, -0.15) is 0 Å². The summed E-state index contributed by atoms with van der Waals surface area (Å²) in [5, 5.41) is 1.24. The van der Waals surface area contributed by atoms with Crippen LogP contribution in [0.5, 0.6) is 0 Å². The molecule has 0 aliphatic carbocycles. The predicted molar refractivity (Wildman–Crippen MR) is 172 cm³/mol. The number of benzene rings is 2. The average molecular weight is 601 g/mol. The molecule has 43 heavy (non-hydrogen) atoms. The van der Waals surface area contributed by atoms with Crippen molar-refractivity contribution >= 4 is 31.2 Å². The quantitative estimate of drug-likeness (QED) is 0.151. The minimum Gasteiger partial charge on any atom is -0.467 e. The minimum atomic E-state index is -1.95. The zero-order valence-corrected chi connectivity index (χ0v) is 27.4. The number of esters is 2. The van der Waals surface area contributed by atoms with Gasteiger partial charge in [-0.05, 0) is 59.8 Å². The molecule has 2 aromatic carbocycles. The van der Waals surface area contributed by atoms with Crippen molar-refractivity contribution in [2.75, 3.05) is 20.8 Å². The number of hydrogen-bond donors (Lipinski definition) is 0. The van der Waals surface area contributed by atoms with Crippen LogP contribution in [0.15, 0.2) is 78.5 Å². The fraction of sp³-hybridized carbons (Fsp3) is 0.429. The van der Waals surface area contributed by atoms with E-state index in [1.165, 1.54) is 25.9 Å². The molecule has 1 aromatic heterocycles. The van der Waals surface area contributed by atoms with E-state index in [2.05, 4.69) is 79.9 Å². The lowest BCUT2D eigenvalue weighted by atomic mass is 9.78. The van der Waals surface area contributed by atoms with Gasteiger partial charge in [-0.15, -0.1) is 0 Å². The number of nitrogens with zero attached hydrogens (tertiary/aromatic N) is 2. The normalized spacial score (nSPS) is 20.2. The van der Waals surface area contributed by atoms with E-state index in [1.54, 1.807) is 0 Å². The van der Waals surface area contributed by atoms with Gasteiger partial charge in [-0.1, -0.05) is 69.3 Å². The van der Waals surface area contributed by atoms with Crippen LogP contribution in [0.2, 0.25) is 18.1 Å². The Morgan fingerprint density at radius 2 is 1.70 bits per heavy atom. The molecule has 0 spiro atoms. The molecule has 8 heteroatoms. The van der Waals surface area contributed by atoms with Gasteiger partial charge in [0.05, 0.1) is 20.3 Å². The lowest BCUT2D eigenvalue weighted by Gasteiger charge is -2.47. The molecule has 2 bridgehead atoms. The third-order valence-corrected chi connectivity index (χ3v) is 14.1. The van der Waals surface area contributed by atoms with Gasteiger partial charge in [-0.3, -0.25) is 0 Å². The number of rotatable bonds is 9. The van der Waals surface area contributed by atoms with Crippen molar-refractivity contribution in [3.8, 4) is 0 Å². The fourth-order valence-electron chi connectivity index (χ4n) is 6.29. The van der Waals surface area contributed by atoms with Crippen LogP contribution in [0.1, 0.15) is 56.0 Å². The Kier molecular flexibility index (Phi) is 8.72. The molecule has 0 saturated heterocycles. The number of carbonyl (C=O) groups excluding carboxylic acids is 2. The molecule has 0 unspecified atom stereocenters. The standard InChI is InChI=1S/C35H44N2O5Si/c1-35(2,3)43(6,7)42-20-19-27-26-15-11-12-16-29(26)37-32(27)28-21-30(33(37)34(39)41-5)36(22-24-13-9-8-10-14-24)23-25(28)17-18-31(38)40-4/h8-18,23,28,30,33H,19-22H2,1-7H3/b18-17+/t28-,30-,33+/m1/s1. The van der Waals surface area contributed by atoms with Crippen LogP contribution in [-0.2, 0) is 36.5 Å². The molecule has 0 fully saturated rings. The average Bonchev–Trinajstić information content (AvgIpc) is 3.31. The van der Waals surface area contributed by atoms with Gasteiger partial charge in [0.25, 0.3) is 0 Å². The van der Waals surface area contributed by atoms with Gasteiger partial charge < -0.3 is 23.4 Å². The van der Waals surface area contributed by atoms with Gasteiger partial charge in [0.15, 0.2) is 14.4 Å². The summed E-state index contributed by atoms with van der Waals surface area (Å²) in [4.78, 5) is 28.1. The van der Waals surface area contributed by atoms with E-state index in [9.17, 15) is 9.59 Å². The van der Waals surface area contributed by atoms with E-state index in [4.69, 9.17) is 13.9 Å². The Bertz CT molecular complexity index is 1550. The van der Waals surface area contributed by atoms with Crippen molar-refractivity contribution in [3.05, 3.63) is 95.3 Å². The molecule has 7 nitrogen and oxygen atoms in total. The Balaban J connectivity index is 1.66. The van der Waals surface area contributed by atoms with Crippen LogP contribution >= 0.6 is 0 Å². The third kappa shape index (κ3) is 5.95. The molecule has 3 aromatic rings. The van der Waals surface area contributed by atoms with E-state index in [1.807, 2.05) is 30.3 Å². The van der Waals surface area contributed by atoms with E-state index >= 15 is 0 Å². The first-order valence-corrected chi connectivity index (χ1v) is 18.0. The molecule has 5 rings (SSSR count). The first kappa shape index (κ1) is 30.8. The highest BCUT2D eigenvalue weighted by Crippen LogP contribution is 2.50. The van der Waals surface area contributed by atoms with E-state index in [0.717, 1.165) is 40.6 Å². The highest BCUT2D eigenvalue weighted by molar-refractivity contribution is 6.74. The lowest BCUT2D eigenvalue weighted by molar-refractivity contribution is -0.147. The van der Waals surface area contributed by atoms with Crippen LogP contribution < -0.4 is 0 Å². The Labute approximate surface area is 256 Å². The molecule has 0 N–H and O–H groups in total. The molecule has 228 valence electrons. The number of para-hydroxylation sites is 1. The number of fused-ring (bicyclic) bond motifs is 6. The molecule has 2 aliphatic heterocycles. The van der Waals surface area contributed by atoms with Crippen LogP contribution in [0.25, 0.3) is 10.9 Å². The monoisotopic (exact) mass is 600 g/mol. The molecule has 0 amide bonds. The molecular formula is C35H44N2O5Si. The van der Waals surface area contributed by atoms with Gasteiger partial charge in [0.2, 0.25) is 0 Å². The summed E-state index contributed by atoms with van der Waals surface area (Å²) in [7, 11) is 0.905. The van der Waals surface area contributed by atoms with Crippen molar-refractivity contribution < 1.29 is 23.5 Å². The highest BCUT2D eigenvalue weighted by atomic mass is 28.4. The zero-order valence-electron chi connectivity index (χ0n) is 26.4. The van der Waals surface area contributed by atoms with Crippen molar-refractivity contribution in [2.24, 2.45) is 0 Å².